The summed E-state index contributed by atoms with van der Waals surface area (Å²) in [5.41, 5.74) is 6.42. The van der Waals surface area contributed by atoms with Gasteiger partial charge in [0.2, 0.25) is 5.91 Å². The molecule has 1 aliphatic rings. The molecule has 3 N–H and O–H groups in total. The number of aromatic nitrogens is 1. The lowest BCUT2D eigenvalue weighted by Gasteiger charge is -2.20. The summed E-state index contributed by atoms with van der Waals surface area (Å²) >= 11 is 0. The molecule has 1 aromatic heterocycles. The summed E-state index contributed by atoms with van der Waals surface area (Å²) in [6.45, 7) is -0.0634. The van der Waals surface area contributed by atoms with Crippen LogP contribution in [0.1, 0.15) is 37.7 Å². The van der Waals surface area contributed by atoms with Gasteiger partial charge in [-0.3, -0.25) is 9.59 Å². The highest BCUT2D eigenvalue weighted by Gasteiger charge is 2.21. The summed E-state index contributed by atoms with van der Waals surface area (Å²) in [6.07, 6.45) is 6.84. The minimum Gasteiger partial charge on any atom is -0.354 e. The average Bonchev–Trinajstić information content (AvgIpc) is 3.17. The van der Waals surface area contributed by atoms with Gasteiger partial charge in [-0.25, -0.2) is 5.43 Å². The van der Waals surface area contributed by atoms with E-state index in [0.29, 0.717) is 0 Å². The molecule has 0 saturated heterocycles. The molecule has 0 spiro atoms. The van der Waals surface area contributed by atoms with Crippen molar-refractivity contribution in [2.75, 3.05) is 6.54 Å². The average molecular weight is 402 g/mol. The molecule has 4 rings (SSSR count). The predicted octanol–water partition coefficient (Wildman–Crippen LogP) is 3.98. The van der Waals surface area contributed by atoms with Crippen molar-refractivity contribution < 1.29 is 9.59 Å². The smallest absolute Gasteiger partial charge is 0.259 e. The number of benzene rings is 2. The minimum absolute atomic E-state index is 0.0307. The molecule has 0 atom stereocenters. The van der Waals surface area contributed by atoms with E-state index in [4.69, 9.17) is 0 Å². The van der Waals surface area contributed by atoms with Crippen molar-refractivity contribution >= 4 is 28.9 Å². The molecule has 0 radical (unpaired) electrons. The largest absolute Gasteiger partial charge is 0.354 e. The van der Waals surface area contributed by atoms with Crippen LogP contribution in [0.15, 0.2) is 59.7 Å². The fourth-order valence-corrected chi connectivity index (χ4v) is 4.02. The van der Waals surface area contributed by atoms with Crippen molar-refractivity contribution in [3.63, 3.8) is 0 Å². The monoisotopic (exact) mass is 402 g/mol. The normalized spacial score (nSPS) is 14.8. The molecule has 1 fully saturated rings. The van der Waals surface area contributed by atoms with Gasteiger partial charge in [-0.1, -0.05) is 67.8 Å². The zero-order chi connectivity index (χ0) is 20.8. The molecule has 2 aromatic carbocycles. The van der Waals surface area contributed by atoms with Gasteiger partial charge >= 0.3 is 0 Å². The number of para-hydroxylation sites is 1. The maximum atomic E-state index is 12.2. The Kier molecular flexibility index (Phi) is 6.23. The van der Waals surface area contributed by atoms with Gasteiger partial charge < -0.3 is 10.3 Å². The lowest BCUT2D eigenvalue weighted by molar-refractivity contribution is -0.129. The van der Waals surface area contributed by atoms with Crippen LogP contribution in [0.25, 0.3) is 22.2 Å². The molecule has 2 amide bonds. The van der Waals surface area contributed by atoms with Gasteiger partial charge in [0.25, 0.3) is 5.91 Å². The number of H-pyrrole nitrogens is 1. The topological polar surface area (TPSA) is 86.3 Å². The van der Waals surface area contributed by atoms with E-state index in [1.54, 1.807) is 6.21 Å². The molecule has 1 saturated carbocycles. The van der Waals surface area contributed by atoms with E-state index in [0.717, 1.165) is 53.4 Å². The lowest BCUT2D eigenvalue weighted by atomic mass is 9.89. The van der Waals surface area contributed by atoms with Crippen LogP contribution in [-0.2, 0) is 9.59 Å². The first-order chi connectivity index (χ1) is 14.7. The molecule has 6 heteroatoms. The second-order valence-corrected chi connectivity index (χ2v) is 7.67. The van der Waals surface area contributed by atoms with E-state index in [1.165, 1.54) is 6.42 Å². The molecule has 30 heavy (non-hydrogen) atoms. The fourth-order valence-electron chi connectivity index (χ4n) is 4.02. The zero-order valence-corrected chi connectivity index (χ0v) is 16.9. The zero-order valence-electron chi connectivity index (χ0n) is 16.9. The van der Waals surface area contributed by atoms with Crippen molar-refractivity contribution in [3.8, 4) is 11.3 Å². The van der Waals surface area contributed by atoms with Crippen LogP contribution in [0.4, 0.5) is 0 Å². The van der Waals surface area contributed by atoms with E-state index in [2.05, 4.69) is 20.8 Å². The first-order valence-corrected chi connectivity index (χ1v) is 10.5. The third-order valence-corrected chi connectivity index (χ3v) is 5.59. The molecular formula is C24H26N4O2. The number of amides is 2. The number of nitrogens with one attached hydrogen (secondary N) is 3. The Hall–Kier alpha value is -3.41. The van der Waals surface area contributed by atoms with Gasteiger partial charge in [0.15, 0.2) is 0 Å². The number of hydrazone groups is 1. The third kappa shape index (κ3) is 4.59. The Morgan fingerprint density at radius 2 is 1.73 bits per heavy atom. The molecule has 0 aliphatic heterocycles. The van der Waals surface area contributed by atoms with Crippen LogP contribution in [-0.4, -0.2) is 29.6 Å². The Morgan fingerprint density at radius 3 is 2.53 bits per heavy atom. The fraction of sp³-hybridized carbons (Fsp3) is 0.292. The van der Waals surface area contributed by atoms with E-state index in [-0.39, 0.29) is 24.3 Å². The summed E-state index contributed by atoms with van der Waals surface area (Å²) in [4.78, 5) is 27.7. The quantitative estimate of drug-likeness (QED) is 0.430. The standard InChI is InChI=1S/C24H26N4O2/c29-22(16-25-24(30)18-11-5-2-6-12-18)28-26-15-20-19-13-7-8-14-21(19)27-23(20)17-9-3-1-4-10-17/h1,3-4,7-10,13-15,18,27H,2,5-6,11-12,16H2,(H,25,30)(H,28,29). The highest BCUT2D eigenvalue weighted by atomic mass is 16.2. The minimum atomic E-state index is -0.337. The van der Waals surface area contributed by atoms with Crippen molar-refractivity contribution in [1.82, 2.24) is 15.7 Å². The van der Waals surface area contributed by atoms with Gasteiger partial charge in [-0.15, -0.1) is 0 Å². The van der Waals surface area contributed by atoms with Crippen molar-refractivity contribution in [2.45, 2.75) is 32.1 Å². The number of hydrogen-bond acceptors (Lipinski definition) is 3. The molecule has 1 aliphatic carbocycles. The molecule has 0 unspecified atom stereocenters. The SMILES string of the molecule is O=C(CNC(=O)C1CCCCC1)NN=Cc1c(-c2ccccc2)[nH]c2ccccc12. The highest BCUT2D eigenvalue weighted by Crippen LogP contribution is 2.29. The molecule has 6 nitrogen and oxygen atoms in total. The van der Waals surface area contributed by atoms with Crippen LogP contribution >= 0.6 is 0 Å². The predicted molar refractivity (Wildman–Crippen MR) is 119 cm³/mol. The first kappa shape index (κ1) is 19.9. The van der Waals surface area contributed by atoms with Crippen molar-refractivity contribution in [1.29, 1.82) is 0 Å². The lowest BCUT2D eigenvalue weighted by Crippen LogP contribution is -2.38. The van der Waals surface area contributed by atoms with Gasteiger partial charge in [-0.05, 0) is 24.5 Å². The molecular weight excluding hydrogens is 376 g/mol. The van der Waals surface area contributed by atoms with E-state index in [9.17, 15) is 9.59 Å². The van der Waals surface area contributed by atoms with Crippen LogP contribution in [0.3, 0.4) is 0 Å². The number of fused-ring (bicyclic) bond motifs is 1. The van der Waals surface area contributed by atoms with E-state index >= 15 is 0 Å². The Balaban J connectivity index is 1.42. The highest BCUT2D eigenvalue weighted by molar-refractivity contribution is 6.06. The van der Waals surface area contributed by atoms with Gasteiger partial charge in [-0.2, -0.15) is 5.10 Å². The summed E-state index contributed by atoms with van der Waals surface area (Å²) in [5, 5.41) is 7.90. The molecule has 1 heterocycles. The second-order valence-electron chi connectivity index (χ2n) is 7.67. The summed E-state index contributed by atoms with van der Waals surface area (Å²) in [6, 6.07) is 18.0. The number of carbonyl (C=O) groups is 2. The maximum Gasteiger partial charge on any atom is 0.259 e. The number of aromatic amines is 1. The summed E-state index contributed by atoms with van der Waals surface area (Å²) in [5.74, 6) is -0.331. The number of hydrogen-bond donors (Lipinski definition) is 3. The van der Waals surface area contributed by atoms with Crippen LogP contribution in [0.5, 0.6) is 0 Å². The Bertz CT molecular complexity index is 1050. The van der Waals surface area contributed by atoms with Crippen molar-refractivity contribution in [2.24, 2.45) is 11.0 Å². The second kappa shape index (κ2) is 9.39. The Labute approximate surface area is 175 Å². The summed E-state index contributed by atoms with van der Waals surface area (Å²) < 4.78 is 0. The number of nitrogens with zero attached hydrogens (tertiary/aromatic N) is 1. The molecule has 3 aromatic rings. The van der Waals surface area contributed by atoms with E-state index in [1.807, 2.05) is 54.6 Å². The van der Waals surface area contributed by atoms with Crippen LogP contribution in [0.2, 0.25) is 0 Å². The number of rotatable bonds is 6. The first-order valence-electron chi connectivity index (χ1n) is 10.5. The van der Waals surface area contributed by atoms with Crippen LogP contribution < -0.4 is 10.7 Å². The van der Waals surface area contributed by atoms with Gasteiger partial charge in [0.05, 0.1) is 18.5 Å². The maximum absolute atomic E-state index is 12.2. The third-order valence-electron chi connectivity index (χ3n) is 5.59. The molecule has 154 valence electrons. The summed E-state index contributed by atoms with van der Waals surface area (Å²) in [7, 11) is 0. The number of carbonyl (C=O) groups excluding carboxylic acids is 2. The van der Waals surface area contributed by atoms with Crippen LogP contribution in [0, 0.1) is 5.92 Å². The van der Waals surface area contributed by atoms with Gasteiger partial charge in [0, 0.05) is 22.4 Å². The van der Waals surface area contributed by atoms with Gasteiger partial charge in [0.1, 0.15) is 0 Å². The molecule has 0 bridgehead atoms. The van der Waals surface area contributed by atoms with E-state index < -0.39 is 0 Å². The Morgan fingerprint density at radius 1 is 1.00 bits per heavy atom. The van der Waals surface area contributed by atoms with Crippen molar-refractivity contribution in [3.05, 3.63) is 60.2 Å².